The van der Waals surface area contributed by atoms with Gasteiger partial charge in [-0.1, -0.05) is 23.7 Å². The molecule has 6 heteroatoms. The third-order valence-corrected chi connectivity index (χ3v) is 6.59. The number of rotatable bonds is 5. The maximum atomic E-state index is 12.7. The number of hydrogen-bond donors (Lipinski definition) is 1. The van der Waals surface area contributed by atoms with Crippen LogP contribution in [0.5, 0.6) is 5.75 Å². The van der Waals surface area contributed by atoms with Crippen molar-refractivity contribution in [1.29, 1.82) is 0 Å². The summed E-state index contributed by atoms with van der Waals surface area (Å²) in [6.07, 6.45) is 7.22. The molecule has 4 rings (SSSR count). The Kier molecular flexibility index (Phi) is 7.35. The van der Waals surface area contributed by atoms with Gasteiger partial charge in [0.2, 0.25) is 0 Å². The lowest BCUT2D eigenvalue weighted by molar-refractivity contribution is -0.927. The van der Waals surface area contributed by atoms with Gasteiger partial charge < -0.3 is 26.9 Å². The van der Waals surface area contributed by atoms with Crippen molar-refractivity contribution in [2.24, 2.45) is 0 Å². The van der Waals surface area contributed by atoms with E-state index >= 15 is 0 Å². The number of halogens is 2. The molecule has 1 N–H and O–H groups in total. The largest absolute Gasteiger partial charge is 1.00 e. The van der Waals surface area contributed by atoms with Crippen molar-refractivity contribution in [3.63, 3.8) is 0 Å². The lowest BCUT2D eigenvalue weighted by atomic mass is 10.0. The van der Waals surface area contributed by atoms with Gasteiger partial charge in [0.15, 0.2) is 0 Å². The molecule has 0 unspecified atom stereocenters. The van der Waals surface area contributed by atoms with Crippen LogP contribution in [0.15, 0.2) is 42.0 Å². The number of carbonyl (C=O) groups excluding carboxylic acids is 1. The Morgan fingerprint density at radius 3 is 2.52 bits per heavy atom. The van der Waals surface area contributed by atoms with Gasteiger partial charge in [0, 0.05) is 21.8 Å². The Balaban J connectivity index is 0.00000272. The minimum atomic E-state index is -0.145. The molecular formula is C25H30Cl2N2O2. The molecule has 1 fully saturated rings. The van der Waals surface area contributed by atoms with Gasteiger partial charge >= 0.3 is 0 Å². The summed E-state index contributed by atoms with van der Waals surface area (Å²) >= 11 is 6.15. The van der Waals surface area contributed by atoms with Gasteiger partial charge in [-0.25, -0.2) is 0 Å². The number of aryl methyl sites for hydroxylation is 1. The average Bonchev–Trinajstić information content (AvgIpc) is 3.24. The summed E-state index contributed by atoms with van der Waals surface area (Å²) < 4.78 is 6.84. The van der Waals surface area contributed by atoms with E-state index in [2.05, 4.69) is 31.5 Å². The van der Waals surface area contributed by atoms with Crippen LogP contribution in [-0.4, -0.2) is 37.1 Å². The van der Waals surface area contributed by atoms with Crippen LogP contribution in [0.2, 0.25) is 5.02 Å². The number of fused-ring (bicyclic) bond motifs is 1. The van der Waals surface area contributed by atoms with E-state index in [4.69, 9.17) is 16.3 Å². The third-order valence-electron chi connectivity index (χ3n) is 6.38. The number of ether oxygens (including phenoxy) is 1. The molecule has 0 saturated heterocycles. The van der Waals surface area contributed by atoms with E-state index in [9.17, 15) is 4.79 Å². The first-order valence-electron chi connectivity index (χ1n) is 10.7. The van der Waals surface area contributed by atoms with E-state index in [1.165, 1.54) is 31.2 Å². The summed E-state index contributed by atoms with van der Waals surface area (Å²) in [5.74, 6) is 0.649. The zero-order chi connectivity index (χ0) is 21.3. The van der Waals surface area contributed by atoms with Crippen molar-refractivity contribution in [3.05, 3.63) is 63.7 Å². The molecule has 1 aliphatic carbocycles. The molecule has 0 atom stereocenters. The molecule has 31 heavy (non-hydrogen) atoms. The first kappa shape index (κ1) is 23.6. The van der Waals surface area contributed by atoms with Crippen LogP contribution in [-0.2, 0) is 11.3 Å². The van der Waals surface area contributed by atoms with Crippen LogP contribution in [0.4, 0.5) is 5.69 Å². The smallest absolute Gasteiger partial charge is 0.255 e. The van der Waals surface area contributed by atoms with Crippen LogP contribution in [0, 0.1) is 6.92 Å². The van der Waals surface area contributed by atoms with Crippen molar-refractivity contribution in [3.8, 4) is 5.75 Å². The highest BCUT2D eigenvalue weighted by Gasteiger charge is 2.31. The zero-order valence-corrected chi connectivity index (χ0v) is 19.9. The molecule has 2 aromatic carbocycles. The van der Waals surface area contributed by atoms with E-state index < -0.39 is 0 Å². The number of anilines is 1. The van der Waals surface area contributed by atoms with E-state index in [-0.39, 0.29) is 24.9 Å². The van der Waals surface area contributed by atoms with Crippen LogP contribution in [0.3, 0.4) is 0 Å². The predicted octanol–water partition coefficient (Wildman–Crippen LogP) is 2.59. The zero-order valence-electron chi connectivity index (χ0n) is 18.4. The van der Waals surface area contributed by atoms with Gasteiger partial charge in [-0.15, -0.1) is 0 Å². The van der Waals surface area contributed by atoms with Crippen LogP contribution >= 0.6 is 11.6 Å². The number of amides is 1. The first-order chi connectivity index (χ1) is 14.3. The molecule has 0 bridgehead atoms. The van der Waals surface area contributed by atoms with Crippen molar-refractivity contribution in [2.75, 3.05) is 26.0 Å². The SMILES string of the molecule is Cc1cc(Cl)cc2c1OCC(C(=O)Nc1ccc(C[N+](C)(C)C3CCCC3)cc1)=C2.[Cl-]. The highest BCUT2D eigenvalue weighted by atomic mass is 35.5. The van der Waals surface area contributed by atoms with Crippen LogP contribution < -0.4 is 22.5 Å². The Hall–Kier alpha value is -2.01. The van der Waals surface area contributed by atoms with Crippen molar-refractivity contribution >= 4 is 29.3 Å². The minimum Gasteiger partial charge on any atom is -1.00 e. The Bertz CT molecular complexity index is 978. The minimum absolute atomic E-state index is 0. The van der Waals surface area contributed by atoms with E-state index in [1.807, 2.05) is 37.3 Å². The fourth-order valence-corrected chi connectivity index (χ4v) is 4.96. The molecule has 4 nitrogen and oxygen atoms in total. The van der Waals surface area contributed by atoms with Gasteiger partial charge in [0.1, 0.15) is 18.9 Å². The highest BCUT2D eigenvalue weighted by molar-refractivity contribution is 6.31. The van der Waals surface area contributed by atoms with Crippen molar-refractivity contribution in [2.45, 2.75) is 45.2 Å². The van der Waals surface area contributed by atoms with Crippen molar-refractivity contribution in [1.82, 2.24) is 0 Å². The lowest BCUT2D eigenvalue weighted by Gasteiger charge is -2.36. The molecule has 1 saturated carbocycles. The summed E-state index contributed by atoms with van der Waals surface area (Å²) in [5, 5.41) is 3.63. The summed E-state index contributed by atoms with van der Waals surface area (Å²) in [6, 6.07) is 12.7. The molecule has 1 amide bonds. The topological polar surface area (TPSA) is 38.3 Å². The Morgan fingerprint density at radius 1 is 1.16 bits per heavy atom. The number of benzene rings is 2. The molecule has 1 aliphatic heterocycles. The number of nitrogens with zero attached hydrogens (tertiary/aromatic N) is 1. The number of quaternary nitrogens is 1. The van der Waals surface area contributed by atoms with Gasteiger partial charge in [0.05, 0.1) is 25.7 Å². The molecule has 1 heterocycles. The lowest BCUT2D eigenvalue weighted by Crippen LogP contribution is -3.00. The molecule has 0 spiro atoms. The van der Waals surface area contributed by atoms with E-state index in [1.54, 1.807) is 0 Å². The van der Waals surface area contributed by atoms with E-state index in [0.717, 1.165) is 39.6 Å². The Morgan fingerprint density at radius 2 is 1.84 bits per heavy atom. The summed E-state index contributed by atoms with van der Waals surface area (Å²) in [6.45, 7) is 3.22. The first-order valence-corrected chi connectivity index (χ1v) is 11.1. The summed E-state index contributed by atoms with van der Waals surface area (Å²) in [4.78, 5) is 12.7. The number of hydrogen-bond acceptors (Lipinski definition) is 2. The van der Waals surface area contributed by atoms with Crippen LogP contribution in [0.1, 0.15) is 42.4 Å². The Labute approximate surface area is 196 Å². The quantitative estimate of drug-likeness (QED) is 0.696. The molecular weight excluding hydrogens is 431 g/mol. The van der Waals surface area contributed by atoms with Gasteiger partial charge in [-0.05, 0) is 68.5 Å². The standard InChI is InChI=1S/C25H29ClN2O2.ClH/c1-17-12-21(26)14-19-13-20(16-30-24(17)19)25(29)27-22-10-8-18(9-11-22)15-28(2,3)23-6-4-5-7-23;/h8-14,23H,4-7,15-16H2,1-3H3;1H. The van der Waals surface area contributed by atoms with Crippen molar-refractivity contribution < 1.29 is 26.4 Å². The van der Waals surface area contributed by atoms with Gasteiger partial charge in [-0.2, -0.15) is 0 Å². The second-order valence-corrected chi connectivity index (χ2v) is 9.56. The molecule has 166 valence electrons. The van der Waals surface area contributed by atoms with Crippen LogP contribution in [0.25, 0.3) is 6.08 Å². The predicted molar refractivity (Wildman–Crippen MR) is 123 cm³/mol. The molecule has 2 aliphatic rings. The summed E-state index contributed by atoms with van der Waals surface area (Å²) in [7, 11) is 4.65. The molecule has 2 aromatic rings. The maximum Gasteiger partial charge on any atom is 0.255 e. The highest BCUT2D eigenvalue weighted by Crippen LogP contribution is 2.33. The van der Waals surface area contributed by atoms with Gasteiger partial charge in [0.25, 0.3) is 5.91 Å². The molecule has 0 aromatic heterocycles. The monoisotopic (exact) mass is 460 g/mol. The maximum absolute atomic E-state index is 12.7. The molecule has 0 radical (unpaired) electrons. The number of carbonyl (C=O) groups is 1. The summed E-state index contributed by atoms with van der Waals surface area (Å²) in [5.41, 5.74) is 4.50. The second-order valence-electron chi connectivity index (χ2n) is 9.13. The van der Waals surface area contributed by atoms with Gasteiger partial charge in [-0.3, -0.25) is 4.79 Å². The fourth-order valence-electron chi connectivity index (χ4n) is 4.68. The third kappa shape index (κ3) is 5.43. The van der Waals surface area contributed by atoms with E-state index in [0.29, 0.717) is 10.6 Å². The number of nitrogens with one attached hydrogen (secondary N) is 1. The fraction of sp³-hybridized carbons (Fsp3) is 0.400. The average molecular weight is 461 g/mol. The normalized spacial score (nSPS) is 16.1. The second kappa shape index (κ2) is 9.64.